The van der Waals surface area contributed by atoms with Gasteiger partial charge in [0.1, 0.15) is 12.4 Å². The summed E-state index contributed by atoms with van der Waals surface area (Å²) in [7, 11) is 0. The molecule has 1 aliphatic heterocycles. The van der Waals surface area contributed by atoms with Crippen LogP contribution in [-0.4, -0.2) is 31.6 Å². The van der Waals surface area contributed by atoms with Crippen LogP contribution in [0.5, 0.6) is 5.75 Å². The van der Waals surface area contributed by atoms with Gasteiger partial charge >= 0.3 is 6.03 Å². The van der Waals surface area contributed by atoms with E-state index in [1.807, 2.05) is 27.7 Å². The van der Waals surface area contributed by atoms with Crippen molar-refractivity contribution in [3.8, 4) is 5.75 Å². The zero-order valence-electron chi connectivity index (χ0n) is 13.5. The van der Waals surface area contributed by atoms with Gasteiger partial charge in [-0.3, -0.25) is 4.79 Å². The van der Waals surface area contributed by atoms with Crippen LogP contribution in [0, 0.1) is 5.41 Å². The van der Waals surface area contributed by atoms with Crippen molar-refractivity contribution in [1.29, 1.82) is 0 Å². The summed E-state index contributed by atoms with van der Waals surface area (Å²) in [5, 5.41) is 5.42. The predicted octanol–water partition coefficient (Wildman–Crippen LogP) is 2.60. The van der Waals surface area contributed by atoms with Crippen LogP contribution in [0.4, 0.5) is 16.2 Å². The Labute approximate surface area is 130 Å². The maximum atomic E-state index is 12.6. The minimum Gasteiger partial charge on any atom is -0.490 e. The van der Waals surface area contributed by atoms with Crippen LogP contribution in [0.3, 0.4) is 0 Å². The molecule has 0 saturated carbocycles. The van der Waals surface area contributed by atoms with E-state index in [2.05, 4.69) is 10.6 Å². The molecule has 0 saturated heterocycles. The number of nitrogens with zero attached hydrogens (tertiary/aromatic N) is 1. The Morgan fingerprint density at radius 1 is 1.36 bits per heavy atom. The molecule has 0 atom stereocenters. The summed E-state index contributed by atoms with van der Waals surface area (Å²) in [6, 6.07) is 5.06. The molecule has 1 aromatic carbocycles. The predicted molar refractivity (Wildman–Crippen MR) is 86.4 cm³/mol. The molecule has 0 spiro atoms. The largest absolute Gasteiger partial charge is 0.490 e. The zero-order chi connectivity index (χ0) is 16.3. The third kappa shape index (κ3) is 3.16. The molecule has 2 rings (SSSR count). The molecule has 1 aromatic rings. The lowest BCUT2D eigenvalue weighted by atomic mass is 9.93. The fraction of sp³-hybridized carbons (Fsp3) is 0.500. The highest BCUT2D eigenvalue weighted by Crippen LogP contribution is 2.37. The van der Waals surface area contributed by atoms with Gasteiger partial charge in [-0.25, -0.2) is 4.79 Å². The standard InChI is InChI=1S/C16H23N3O3/c1-5-17-15(21)18-11-7-8-12-13(9-11)22-10-16(3,4)14(20)19(12)6-2/h7-9H,5-6,10H2,1-4H3,(H2,17,18,21). The van der Waals surface area contributed by atoms with E-state index in [1.54, 1.807) is 23.1 Å². The Kier molecular flexibility index (Phi) is 4.59. The average molecular weight is 305 g/mol. The molecule has 0 fully saturated rings. The highest BCUT2D eigenvalue weighted by atomic mass is 16.5. The quantitative estimate of drug-likeness (QED) is 0.901. The number of anilines is 2. The van der Waals surface area contributed by atoms with E-state index in [0.29, 0.717) is 31.1 Å². The fourth-order valence-electron chi connectivity index (χ4n) is 2.37. The Hall–Kier alpha value is -2.24. The summed E-state index contributed by atoms with van der Waals surface area (Å²) >= 11 is 0. The maximum Gasteiger partial charge on any atom is 0.319 e. The molecular weight excluding hydrogens is 282 g/mol. The van der Waals surface area contributed by atoms with Gasteiger partial charge in [0.2, 0.25) is 5.91 Å². The van der Waals surface area contributed by atoms with Crippen molar-refractivity contribution in [2.24, 2.45) is 5.41 Å². The molecule has 0 radical (unpaired) electrons. The number of fused-ring (bicyclic) bond motifs is 1. The number of amides is 3. The molecule has 6 nitrogen and oxygen atoms in total. The van der Waals surface area contributed by atoms with Crippen LogP contribution in [0.1, 0.15) is 27.7 Å². The number of benzene rings is 1. The second kappa shape index (κ2) is 6.25. The van der Waals surface area contributed by atoms with Crippen molar-refractivity contribution in [3.63, 3.8) is 0 Å². The average Bonchev–Trinajstić information content (AvgIpc) is 2.56. The smallest absolute Gasteiger partial charge is 0.319 e. The molecular formula is C16H23N3O3. The van der Waals surface area contributed by atoms with Crippen molar-refractivity contribution in [3.05, 3.63) is 18.2 Å². The summed E-state index contributed by atoms with van der Waals surface area (Å²) in [5.41, 5.74) is 0.787. The summed E-state index contributed by atoms with van der Waals surface area (Å²) in [6.45, 7) is 8.97. The first kappa shape index (κ1) is 16.1. The molecule has 120 valence electrons. The van der Waals surface area contributed by atoms with Gasteiger partial charge in [0.05, 0.1) is 11.1 Å². The summed E-state index contributed by atoms with van der Waals surface area (Å²) in [6.07, 6.45) is 0. The number of urea groups is 1. The minimum absolute atomic E-state index is 0.0400. The van der Waals surface area contributed by atoms with E-state index in [1.165, 1.54) is 0 Å². The Morgan fingerprint density at radius 2 is 2.09 bits per heavy atom. The minimum atomic E-state index is -0.581. The van der Waals surface area contributed by atoms with Gasteiger partial charge in [0.25, 0.3) is 0 Å². The van der Waals surface area contributed by atoms with E-state index in [9.17, 15) is 9.59 Å². The Balaban J connectivity index is 2.32. The van der Waals surface area contributed by atoms with Gasteiger partial charge in [0.15, 0.2) is 0 Å². The number of carbonyl (C=O) groups is 2. The van der Waals surface area contributed by atoms with Gasteiger partial charge in [-0.1, -0.05) is 0 Å². The van der Waals surface area contributed by atoms with E-state index in [0.717, 1.165) is 5.69 Å². The van der Waals surface area contributed by atoms with Crippen LogP contribution in [-0.2, 0) is 4.79 Å². The first-order valence-electron chi connectivity index (χ1n) is 7.52. The lowest BCUT2D eigenvalue weighted by Gasteiger charge is -2.26. The topological polar surface area (TPSA) is 70.7 Å². The number of hydrogen-bond acceptors (Lipinski definition) is 3. The second-order valence-electron chi connectivity index (χ2n) is 5.89. The summed E-state index contributed by atoms with van der Waals surface area (Å²) in [4.78, 5) is 25.9. The Bertz CT molecular complexity index is 584. The molecule has 0 aliphatic carbocycles. The van der Waals surface area contributed by atoms with Gasteiger partial charge in [-0.2, -0.15) is 0 Å². The van der Waals surface area contributed by atoms with Crippen LogP contribution < -0.4 is 20.3 Å². The van der Waals surface area contributed by atoms with Crippen molar-refractivity contribution in [1.82, 2.24) is 5.32 Å². The highest BCUT2D eigenvalue weighted by Gasteiger charge is 2.37. The number of ether oxygens (including phenoxy) is 1. The number of rotatable bonds is 3. The number of carbonyl (C=O) groups excluding carboxylic acids is 2. The molecule has 1 aliphatic rings. The van der Waals surface area contributed by atoms with Crippen molar-refractivity contribution in [2.75, 3.05) is 29.9 Å². The third-order valence-corrected chi connectivity index (χ3v) is 3.57. The van der Waals surface area contributed by atoms with E-state index in [-0.39, 0.29) is 11.9 Å². The van der Waals surface area contributed by atoms with Crippen molar-refractivity contribution in [2.45, 2.75) is 27.7 Å². The van der Waals surface area contributed by atoms with Gasteiger partial charge in [-0.05, 0) is 39.8 Å². The van der Waals surface area contributed by atoms with E-state index >= 15 is 0 Å². The molecule has 22 heavy (non-hydrogen) atoms. The monoisotopic (exact) mass is 305 g/mol. The Morgan fingerprint density at radius 3 is 2.73 bits per heavy atom. The lowest BCUT2D eigenvalue weighted by molar-refractivity contribution is -0.127. The van der Waals surface area contributed by atoms with Crippen molar-refractivity contribution >= 4 is 23.3 Å². The molecule has 0 unspecified atom stereocenters. The first-order valence-corrected chi connectivity index (χ1v) is 7.52. The van der Waals surface area contributed by atoms with Crippen LogP contribution in [0.15, 0.2) is 18.2 Å². The molecule has 3 amide bonds. The summed E-state index contributed by atoms with van der Waals surface area (Å²) in [5.74, 6) is 0.647. The number of hydrogen-bond donors (Lipinski definition) is 2. The molecule has 1 heterocycles. The normalized spacial score (nSPS) is 16.4. The molecule has 2 N–H and O–H groups in total. The molecule has 0 bridgehead atoms. The zero-order valence-corrected chi connectivity index (χ0v) is 13.5. The molecule has 6 heteroatoms. The fourth-order valence-corrected chi connectivity index (χ4v) is 2.37. The maximum absolute atomic E-state index is 12.6. The van der Waals surface area contributed by atoms with E-state index in [4.69, 9.17) is 4.74 Å². The van der Waals surface area contributed by atoms with Gasteiger partial charge in [0, 0.05) is 24.8 Å². The second-order valence-corrected chi connectivity index (χ2v) is 5.89. The third-order valence-electron chi connectivity index (χ3n) is 3.57. The van der Waals surface area contributed by atoms with Gasteiger partial charge < -0.3 is 20.3 Å². The first-order chi connectivity index (χ1) is 10.4. The molecule has 0 aromatic heterocycles. The highest BCUT2D eigenvalue weighted by molar-refractivity contribution is 6.00. The van der Waals surface area contributed by atoms with E-state index < -0.39 is 5.41 Å². The summed E-state index contributed by atoms with van der Waals surface area (Å²) < 4.78 is 5.81. The SMILES string of the molecule is CCNC(=O)Nc1ccc2c(c1)OCC(C)(C)C(=O)N2CC. The van der Waals surface area contributed by atoms with Crippen LogP contribution >= 0.6 is 0 Å². The van der Waals surface area contributed by atoms with Gasteiger partial charge in [-0.15, -0.1) is 0 Å². The number of nitrogens with one attached hydrogen (secondary N) is 2. The lowest BCUT2D eigenvalue weighted by Crippen LogP contribution is -2.42. The van der Waals surface area contributed by atoms with Crippen molar-refractivity contribution < 1.29 is 14.3 Å². The van der Waals surface area contributed by atoms with Crippen LogP contribution in [0.2, 0.25) is 0 Å². The van der Waals surface area contributed by atoms with Crippen LogP contribution in [0.25, 0.3) is 0 Å².